The van der Waals surface area contributed by atoms with Gasteiger partial charge in [0.25, 0.3) is 0 Å². The summed E-state index contributed by atoms with van der Waals surface area (Å²) in [6.07, 6.45) is 2.39. The van der Waals surface area contributed by atoms with Crippen molar-refractivity contribution in [1.82, 2.24) is 10.2 Å². The fourth-order valence-electron chi connectivity index (χ4n) is 3.85. The normalized spacial score (nSPS) is 14.8. The van der Waals surface area contributed by atoms with Crippen LogP contribution in [0.3, 0.4) is 0 Å². The Morgan fingerprint density at radius 1 is 1.07 bits per heavy atom. The van der Waals surface area contributed by atoms with Gasteiger partial charge in [-0.1, -0.05) is 18.2 Å². The number of amides is 2. The largest absolute Gasteiger partial charge is 0.493 e. The maximum Gasteiger partial charge on any atom is 0.319 e. The highest BCUT2D eigenvalue weighted by molar-refractivity contribution is 5.91. The molecule has 0 aliphatic carbocycles. The van der Waals surface area contributed by atoms with Crippen LogP contribution in [-0.2, 0) is 0 Å². The number of benzene rings is 2. The molecule has 3 rings (SSSR count). The van der Waals surface area contributed by atoms with Gasteiger partial charge in [0.1, 0.15) is 0 Å². The van der Waals surface area contributed by atoms with Crippen molar-refractivity contribution in [3.8, 4) is 11.5 Å². The van der Waals surface area contributed by atoms with E-state index in [4.69, 9.17) is 9.47 Å². The number of nitrogens with zero attached hydrogens (tertiary/aromatic N) is 2. The lowest BCUT2D eigenvalue weighted by Crippen LogP contribution is -2.38. The summed E-state index contributed by atoms with van der Waals surface area (Å²) in [7, 11) is 7.20. The van der Waals surface area contributed by atoms with E-state index in [9.17, 15) is 4.79 Å². The summed E-state index contributed by atoms with van der Waals surface area (Å²) >= 11 is 0. The zero-order valence-electron chi connectivity index (χ0n) is 18.3. The van der Waals surface area contributed by atoms with E-state index < -0.39 is 0 Å². The van der Waals surface area contributed by atoms with Gasteiger partial charge in [0.15, 0.2) is 11.5 Å². The Morgan fingerprint density at radius 2 is 1.77 bits per heavy atom. The van der Waals surface area contributed by atoms with Gasteiger partial charge < -0.3 is 25.0 Å². The Kier molecular flexibility index (Phi) is 7.41. The molecule has 30 heavy (non-hydrogen) atoms. The Labute approximate surface area is 179 Å². The Bertz CT molecular complexity index is 833. The van der Waals surface area contributed by atoms with E-state index in [-0.39, 0.29) is 12.1 Å². The zero-order chi connectivity index (χ0) is 21.5. The van der Waals surface area contributed by atoms with Crippen LogP contribution < -0.4 is 25.0 Å². The van der Waals surface area contributed by atoms with Crippen LogP contribution in [-0.4, -0.2) is 58.9 Å². The number of hydrogen-bond donors (Lipinski definition) is 2. The number of rotatable bonds is 8. The lowest BCUT2D eigenvalue weighted by molar-refractivity contribution is 0.227. The van der Waals surface area contributed by atoms with E-state index in [1.165, 1.54) is 18.4 Å². The van der Waals surface area contributed by atoms with Gasteiger partial charge in [-0.2, -0.15) is 0 Å². The Hall–Kier alpha value is -2.93. The summed E-state index contributed by atoms with van der Waals surface area (Å²) in [5, 5.41) is 5.91. The van der Waals surface area contributed by atoms with Crippen LogP contribution in [0.2, 0.25) is 0 Å². The Balaban J connectivity index is 1.69. The molecule has 2 amide bonds. The molecular formula is C23H32N4O3. The summed E-state index contributed by atoms with van der Waals surface area (Å²) in [5.74, 6) is 1.08. The van der Waals surface area contributed by atoms with Crippen molar-refractivity contribution in [2.24, 2.45) is 0 Å². The smallest absolute Gasteiger partial charge is 0.319 e. The molecule has 1 aliphatic rings. The molecule has 1 atom stereocenters. The molecule has 162 valence electrons. The number of nitrogens with one attached hydrogen (secondary N) is 2. The fraction of sp³-hybridized carbons (Fsp3) is 0.435. The molecule has 0 spiro atoms. The number of anilines is 2. The minimum Gasteiger partial charge on any atom is -0.493 e. The second-order valence-electron chi connectivity index (χ2n) is 7.62. The van der Waals surface area contributed by atoms with Gasteiger partial charge in [0, 0.05) is 26.3 Å². The summed E-state index contributed by atoms with van der Waals surface area (Å²) < 4.78 is 10.7. The van der Waals surface area contributed by atoms with Crippen LogP contribution in [0.15, 0.2) is 42.5 Å². The maximum absolute atomic E-state index is 12.6. The SMILES string of the molecule is COc1cccc(NC(=O)NCC(c2ccc(N(C)C)cc2)N2CCCC2)c1OC. The first-order chi connectivity index (χ1) is 14.5. The fourth-order valence-corrected chi connectivity index (χ4v) is 3.85. The van der Waals surface area contributed by atoms with Crippen molar-refractivity contribution >= 4 is 17.4 Å². The van der Waals surface area contributed by atoms with Crippen LogP contribution in [0.4, 0.5) is 16.2 Å². The van der Waals surface area contributed by atoms with E-state index in [0.29, 0.717) is 23.7 Å². The van der Waals surface area contributed by atoms with Crippen molar-refractivity contribution in [2.45, 2.75) is 18.9 Å². The topological polar surface area (TPSA) is 66.1 Å². The molecule has 1 aliphatic heterocycles. The van der Waals surface area contributed by atoms with Crippen LogP contribution in [0.5, 0.6) is 11.5 Å². The number of ether oxygens (including phenoxy) is 2. The molecule has 1 heterocycles. The molecule has 7 nitrogen and oxygen atoms in total. The average molecular weight is 413 g/mol. The summed E-state index contributed by atoms with van der Waals surface area (Å²) in [4.78, 5) is 17.2. The predicted octanol–water partition coefficient (Wildman–Crippen LogP) is 3.73. The van der Waals surface area contributed by atoms with Gasteiger partial charge >= 0.3 is 6.03 Å². The van der Waals surface area contributed by atoms with Gasteiger partial charge in [-0.05, 0) is 55.8 Å². The number of methoxy groups -OCH3 is 2. The van der Waals surface area contributed by atoms with Gasteiger partial charge in [-0.3, -0.25) is 4.90 Å². The number of carbonyl (C=O) groups is 1. The van der Waals surface area contributed by atoms with Crippen molar-refractivity contribution in [3.05, 3.63) is 48.0 Å². The van der Waals surface area contributed by atoms with Crippen LogP contribution in [0.25, 0.3) is 0 Å². The molecular weight excluding hydrogens is 380 g/mol. The van der Waals surface area contributed by atoms with Crippen molar-refractivity contribution < 1.29 is 14.3 Å². The molecule has 7 heteroatoms. The number of carbonyl (C=O) groups excluding carboxylic acids is 1. The first-order valence-corrected chi connectivity index (χ1v) is 10.3. The molecule has 2 aromatic carbocycles. The van der Waals surface area contributed by atoms with Gasteiger partial charge in [-0.25, -0.2) is 4.79 Å². The maximum atomic E-state index is 12.6. The third-order valence-electron chi connectivity index (χ3n) is 5.48. The quantitative estimate of drug-likeness (QED) is 0.692. The zero-order valence-corrected chi connectivity index (χ0v) is 18.3. The number of para-hydroxylation sites is 1. The molecule has 2 aromatic rings. The minimum atomic E-state index is -0.268. The lowest BCUT2D eigenvalue weighted by atomic mass is 10.0. The second kappa shape index (κ2) is 10.2. The Morgan fingerprint density at radius 3 is 2.37 bits per heavy atom. The summed E-state index contributed by atoms with van der Waals surface area (Å²) in [5.41, 5.74) is 2.94. The van der Waals surface area contributed by atoms with E-state index >= 15 is 0 Å². The monoisotopic (exact) mass is 412 g/mol. The number of urea groups is 1. The van der Waals surface area contributed by atoms with E-state index in [0.717, 1.165) is 18.8 Å². The molecule has 1 saturated heterocycles. The average Bonchev–Trinajstić information content (AvgIpc) is 3.28. The van der Waals surface area contributed by atoms with Crippen molar-refractivity contribution in [3.63, 3.8) is 0 Å². The summed E-state index contributed by atoms with van der Waals surface area (Å²) in [6, 6.07) is 13.8. The minimum absolute atomic E-state index is 0.140. The number of hydrogen-bond acceptors (Lipinski definition) is 5. The molecule has 0 radical (unpaired) electrons. The molecule has 1 fully saturated rings. The highest BCUT2D eigenvalue weighted by atomic mass is 16.5. The van der Waals surface area contributed by atoms with Crippen LogP contribution >= 0.6 is 0 Å². The molecule has 0 bridgehead atoms. The first kappa shape index (κ1) is 21.8. The number of likely N-dealkylation sites (tertiary alicyclic amines) is 1. The van der Waals surface area contributed by atoms with Crippen molar-refractivity contribution in [1.29, 1.82) is 0 Å². The highest BCUT2D eigenvalue weighted by Crippen LogP contribution is 2.34. The third-order valence-corrected chi connectivity index (χ3v) is 5.48. The predicted molar refractivity (Wildman–Crippen MR) is 121 cm³/mol. The van der Waals surface area contributed by atoms with Crippen LogP contribution in [0, 0.1) is 0 Å². The van der Waals surface area contributed by atoms with Gasteiger partial charge in [0.2, 0.25) is 0 Å². The van der Waals surface area contributed by atoms with Gasteiger partial charge in [0.05, 0.1) is 25.9 Å². The van der Waals surface area contributed by atoms with Gasteiger partial charge in [-0.15, -0.1) is 0 Å². The molecule has 1 unspecified atom stereocenters. The van der Waals surface area contributed by atoms with E-state index in [1.54, 1.807) is 26.4 Å². The molecule has 0 aromatic heterocycles. The first-order valence-electron chi connectivity index (χ1n) is 10.3. The highest BCUT2D eigenvalue weighted by Gasteiger charge is 2.24. The van der Waals surface area contributed by atoms with E-state index in [1.807, 2.05) is 20.2 Å². The molecule has 0 saturated carbocycles. The van der Waals surface area contributed by atoms with Crippen LogP contribution in [0.1, 0.15) is 24.4 Å². The standard InChI is InChI=1S/C23H32N4O3/c1-26(2)18-12-10-17(11-13-18)20(27-14-5-6-15-27)16-24-23(28)25-19-8-7-9-21(29-3)22(19)30-4/h7-13,20H,5-6,14-16H2,1-4H3,(H2,24,25,28). The molecule has 2 N–H and O–H groups in total. The van der Waals surface area contributed by atoms with Crippen molar-refractivity contribution in [2.75, 3.05) is 58.2 Å². The van der Waals surface area contributed by atoms with E-state index in [2.05, 4.69) is 44.7 Å². The summed E-state index contributed by atoms with van der Waals surface area (Å²) in [6.45, 7) is 2.62. The second-order valence-corrected chi connectivity index (χ2v) is 7.62. The lowest BCUT2D eigenvalue weighted by Gasteiger charge is -2.28. The third kappa shape index (κ3) is 5.16.